The van der Waals surface area contributed by atoms with Gasteiger partial charge in [0.1, 0.15) is 11.9 Å². The zero-order chi connectivity index (χ0) is 13.9. The van der Waals surface area contributed by atoms with Gasteiger partial charge in [-0.1, -0.05) is 0 Å². The molecule has 0 spiro atoms. The Hall–Kier alpha value is -1.65. The van der Waals surface area contributed by atoms with Gasteiger partial charge in [0.05, 0.1) is 11.8 Å². The second kappa shape index (κ2) is 5.55. The largest absolute Gasteiger partial charge is 0.366 e. The van der Waals surface area contributed by atoms with Gasteiger partial charge in [0, 0.05) is 25.3 Å². The molecule has 1 aromatic rings. The quantitative estimate of drug-likeness (QED) is 0.884. The number of rotatable bonds is 3. The van der Waals surface area contributed by atoms with E-state index in [2.05, 4.69) is 16.4 Å². The van der Waals surface area contributed by atoms with Crippen LogP contribution in [-0.2, 0) is 10.0 Å². The maximum Gasteiger partial charge on any atom is 0.211 e. The molecule has 1 aromatic heterocycles. The highest BCUT2D eigenvalue weighted by Crippen LogP contribution is 2.18. The molecular formula is C12H16N4O2S. The van der Waals surface area contributed by atoms with Gasteiger partial charge in [-0.3, -0.25) is 0 Å². The SMILES string of the molecule is CS(=O)(=O)N1CCC(Nc2ncccc2C#N)CC1. The third-order valence-corrected chi connectivity index (χ3v) is 4.50. The number of anilines is 1. The van der Waals surface area contributed by atoms with E-state index < -0.39 is 10.0 Å². The highest BCUT2D eigenvalue weighted by atomic mass is 32.2. The zero-order valence-electron chi connectivity index (χ0n) is 10.7. The standard InChI is InChI=1S/C12H16N4O2S/c1-19(17,18)16-7-4-11(5-8-16)15-12-10(9-13)3-2-6-14-12/h2-3,6,11H,4-5,7-8H2,1H3,(H,14,15). The van der Waals surface area contributed by atoms with Gasteiger partial charge >= 0.3 is 0 Å². The van der Waals surface area contributed by atoms with E-state index in [0.29, 0.717) is 37.3 Å². The summed E-state index contributed by atoms with van der Waals surface area (Å²) < 4.78 is 24.3. The maximum absolute atomic E-state index is 11.4. The molecule has 2 heterocycles. The van der Waals surface area contributed by atoms with Crippen LogP contribution in [0.4, 0.5) is 5.82 Å². The molecule has 0 amide bonds. The van der Waals surface area contributed by atoms with Crippen LogP contribution < -0.4 is 5.32 Å². The van der Waals surface area contributed by atoms with Gasteiger partial charge in [0.25, 0.3) is 0 Å². The van der Waals surface area contributed by atoms with Crippen molar-refractivity contribution in [2.24, 2.45) is 0 Å². The third kappa shape index (κ3) is 3.43. The van der Waals surface area contributed by atoms with Crippen LogP contribution in [0.15, 0.2) is 18.3 Å². The first-order valence-corrected chi connectivity index (χ1v) is 7.92. The summed E-state index contributed by atoms with van der Waals surface area (Å²) in [4.78, 5) is 4.15. The van der Waals surface area contributed by atoms with E-state index in [9.17, 15) is 8.42 Å². The number of nitrogens with one attached hydrogen (secondary N) is 1. The second-order valence-electron chi connectivity index (χ2n) is 4.59. The lowest BCUT2D eigenvalue weighted by atomic mass is 10.1. The Morgan fingerprint density at radius 1 is 1.47 bits per heavy atom. The van der Waals surface area contributed by atoms with Crippen molar-refractivity contribution in [1.29, 1.82) is 5.26 Å². The summed E-state index contributed by atoms with van der Waals surface area (Å²) in [6, 6.07) is 5.67. The Balaban J connectivity index is 1.98. The molecule has 0 aliphatic carbocycles. The Kier molecular flexibility index (Phi) is 4.02. The van der Waals surface area contributed by atoms with Crippen molar-refractivity contribution < 1.29 is 8.42 Å². The fraction of sp³-hybridized carbons (Fsp3) is 0.500. The number of hydrogen-bond donors (Lipinski definition) is 1. The molecule has 0 saturated carbocycles. The fourth-order valence-corrected chi connectivity index (χ4v) is 3.01. The highest BCUT2D eigenvalue weighted by Gasteiger charge is 2.25. The molecule has 0 bridgehead atoms. The van der Waals surface area contributed by atoms with Gasteiger partial charge in [-0.15, -0.1) is 0 Å². The number of pyridine rings is 1. The molecule has 1 fully saturated rings. The first-order chi connectivity index (χ1) is 9.00. The lowest BCUT2D eigenvalue weighted by molar-refractivity contribution is 0.331. The number of hydrogen-bond acceptors (Lipinski definition) is 5. The van der Waals surface area contributed by atoms with E-state index in [1.807, 2.05) is 0 Å². The van der Waals surface area contributed by atoms with Gasteiger partial charge in [-0.2, -0.15) is 5.26 Å². The van der Waals surface area contributed by atoms with Gasteiger partial charge in [0.2, 0.25) is 10.0 Å². The van der Waals surface area contributed by atoms with Crippen molar-refractivity contribution in [2.45, 2.75) is 18.9 Å². The molecule has 1 N–H and O–H groups in total. The van der Waals surface area contributed by atoms with E-state index in [-0.39, 0.29) is 6.04 Å². The molecule has 6 nitrogen and oxygen atoms in total. The van der Waals surface area contributed by atoms with E-state index >= 15 is 0 Å². The van der Waals surface area contributed by atoms with Crippen LogP contribution in [0, 0.1) is 11.3 Å². The Bertz CT molecular complexity index is 586. The molecule has 1 aliphatic rings. The first-order valence-electron chi connectivity index (χ1n) is 6.07. The smallest absolute Gasteiger partial charge is 0.211 e. The predicted octanol–water partition coefficient (Wildman–Crippen LogP) is 0.789. The van der Waals surface area contributed by atoms with Gasteiger partial charge in [-0.25, -0.2) is 17.7 Å². The molecule has 0 unspecified atom stereocenters. The Morgan fingerprint density at radius 2 is 2.16 bits per heavy atom. The second-order valence-corrected chi connectivity index (χ2v) is 6.57. The van der Waals surface area contributed by atoms with Crippen molar-refractivity contribution in [3.05, 3.63) is 23.9 Å². The minimum absolute atomic E-state index is 0.153. The fourth-order valence-electron chi connectivity index (χ4n) is 2.14. The lowest BCUT2D eigenvalue weighted by Gasteiger charge is -2.31. The van der Waals surface area contributed by atoms with Crippen molar-refractivity contribution in [3.63, 3.8) is 0 Å². The molecule has 2 rings (SSSR count). The number of aromatic nitrogens is 1. The molecular weight excluding hydrogens is 264 g/mol. The highest BCUT2D eigenvalue weighted by molar-refractivity contribution is 7.88. The van der Waals surface area contributed by atoms with Crippen LogP contribution in [0.25, 0.3) is 0 Å². The number of piperidine rings is 1. The lowest BCUT2D eigenvalue weighted by Crippen LogP contribution is -2.42. The van der Waals surface area contributed by atoms with Crippen LogP contribution in [0.1, 0.15) is 18.4 Å². The normalized spacial score (nSPS) is 17.9. The van der Waals surface area contributed by atoms with Crippen molar-refractivity contribution >= 4 is 15.8 Å². The Morgan fingerprint density at radius 3 is 2.74 bits per heavy atom. The van der Waals surface area contributed by atoms with Gasteiger partial charge in [-0.05, 0) is 25.0 Å². The van der Waals surface area contributed by atoms with Crippen LogP contribution in [0.3, 0.4) is 0 Å². The summed E-state index contributed by atoms with van der Waals surface area (Å²) in [7, 11) is -3.10. The van der Waals surface area contributed by atoms with E-state index in [0.717, 1.165) is 0 Å². The molecule has 1 aliphatic heterocycles. The summed E-state index contributed by atoms with van der Waals surface area (Å²) in [6.07, 6.45) is 4.30. The average Bonchev–Trinajstić information content (AvgIpc) is 2.39. The molecule has 0 aromatic carbocycles. The topological polar surface area (TPSA) is 86.1 Å². The van der Waals surface area contributed by atoms with E-state index in [4.69, 9.17) is 5.26 Å². The minimum atomic E-state index is -3.10. The average molecular weight is 280 g/mol. The molecule has 0 atom stereocenters. The summed E-state index contributed by atoms with van der Waals surface area (Å²) in [5.41, 5.74) is 0.507. The predicted molar refractivity (Wildman–Crippen MR) is 72.0 cm³/mol. The number of nitriles is 1. The third-order valence-electron chi connectivity index (χ3n) is 3.19. The van der Waals surface area contributed by atoms with Gasteiger partial charge < -0.3 is 5.32 Å². The number of sulfonamides is 1. The van der Waals surface area contributed by atoms with Crippen molar-refractivity contribution in [2.75, 3.05) is 24.7 Å². The van der Waals surface area contributed by atoms with Crippen molar-refractivity contribution in [3.8, 4) is 6.07 Å². The summed E-state index contributed by atoms with van der Waals surface area (Å²) in [5.74, 6) is 0.572. The molecule has 102 valence electrons. The van der Waals surface area contributed by atoms with Crippen LogP contribution >= 0.6 is 0 Å². The molecule has 1 saturated heterocycles. The zero-order valence-corrected chi connectivity index (χ0v) is 11.5. The molecule has 7 heteroatoms. The summed E-state index contributed by atoms with van der Waals surface area (Å²) in [6.45, 7) is 1.01. The van der Waals surface area contributed by atoms with Gasteiger partial charge in [0.15, 0.2) is 0 Å². The van der Waals surface area contributed by atoms with Crippen LogP contribution in [-0.4, -0.2) is 43.1 Å². The summed E-state index contributed by atoms with van der Waals surface area (Å²) in [5, 5.41) is 12.2. The molecule has 19 heavy (non-hydrogen) atoms. The van der Waals surface area contributed by atoms with E-state index in [1.165, 1.54) is 10.6 Å². The maximum atomic E-state index is 11.4. The minimum Gasteiger partial charge on any atom is -0.366 e. The molecule has 0 radical (unpaired) electrons. The summed E-state index contributed by atoms with van der Waals surface area (Å²) >= 11 is 0. The Labute approximate surface area is 113 Å². The van der Waals surface area contributed by atoms with Crippen molar-refractivity contribution in [1.82, 2.24) is 9.29 Å². The van der Waals surface area contributed by atoms with Crippen LogP contribution in [0.5, 0.6) is 0 Å². The van der Waals surface area contributed by atoms with E-state index in [1.54, 1.807) is 18.3 Å². The first kappa shape index (κ1) is 13.8. The monoisotopic (exact) mass is 280 g/mol. The van der Waals surface area contributed by atoms with Crippen LogP contribution in [0.2, 0.25) is 0 Å². The number of nitrogens with zero attached hydrogens (tertiary/aromatic N) is 3.